The second-order valence-electron chi connectivity index (χ2n) is 2.80. The summed E-state index contributed by atoms with van der Waals surface area (Å²) in [7, 11) is 0. The molecular weight excluding hydrogens is 180 g/mol. The summed E-state index contributed by atoms with van der Waals surface area (Å²) in [4.78, 5) is 21.7. The van der Waals surface area contributed by atoms with Crippen LogP contribution in [0.25, 0.3) is 0 Å². The van der Waals surface area contributed by atoms with Gasteiger partial charge in [-0.05, 0) is 5.56 Å². The number of nitrogens with one attached hydrogen (secondary N) is 1. The van der Waals surface area contributed by atoms with Gasteiger partial charge in [0, 0.05) is 0 Å². The molecule has 1 atom stereocenters. The maximum Gasteiger partial charge on any atom is 0.234 e. The van der Waals surface area contributed by atoms with Gasteiger partial charge in [0.2, 0.25) is 5.91 Å². The van der Waals surface area contributed by atoms with Crippen molar-refractivity contribution in [2.75, 3.05) is 6.54 Å². The molecule has 1 aromatic rings. The molecule has 0 fully saturated rings. The molecule has 0 spiro atoms. The molecule has 0 aliphatic heterocycles. The van der Waals surface area contributed by atoms with E-state index in [-0.39, 0.29) is 12.5 Å². The van der Waals surface area contributed by atoms with Gasteiger partial charge in [-0.15, -0.1) is 0 Å². The zero-order chi connectivity index (χ0) is 10.4. The van der Waals surface area contributed by atoms with Crippen LogP contribution in [0.15, 0.2) is 30.3 Å². The van der Waals surface area contributed by atoms with Crippen LogP contribution in [0.5, 0.6) is 0 Å². The van der Waals surface area contributed by atoms with Crippen LogP contribution >= 0.6 is 0 Å². The highest BCUT2D eigenvalue weighted by Crippen LogP contribution is 2.08. The molecule has 0 bridgehead atoms. The van der Waals surface area contributed by atoms with Crippen molar-refractivity contribution in [1.82, 2.24) is 5.32 Å². The van der Waals surface area contributed by atoms with Crippen LogP contribution in [-0.2, 0) is 9.59 Å². The molecule has 0 aliphatic carbocycles. The highest BCUT2D eigenvalue weighted by atomic mass is 16.2. The maximum absolute atomic E-state index is 11.0. The van der Waals surface area contributed by atoms with Crippen LogP contribution in [0.1, 0.15) is 11.6 Å². The molecule has 0 unspecified atom stereocenters. The minimum atomic E-state index is -0.604. The molecule has 4 nitrogen and oxygen atoms in total. The van der Waals surface area contributed by atoms with Gasteiger partial charge < -0.3 is 15.8 Å². The minimum absolute atomic E-state index is 0.114. The predicted molar refractivity (Wildman–Crippen MR) is 52.4 cm³/mol. The molecule has 4 heteroatoms. The van der Waals surface area contributed by atoms with Crippen LogP contribution in [0.4, 0.5) is 0 Å². The molecule has 0 aliphatic rings. The maximum atomic E-state index is 11.0. The Kier molecular flexibility index (Phi) is 3.82. The van der Waals surface area contributed by atoms with Crippen molar-refractivity contribution >= 4 is 12.2 Å². The number of hydrogen-bond acceptors (Lipinski definition) is 3. The summed E-state index contributed by atoms with van der Waals surface area (Å²) >= 11 is 0. The van der Waals surface area contributed by atoms with Crippen molar-refractivity contribution in [1.29, 1.82) is 0 Å². The molecule has 0 saturated carbocycles. The Hall–Kier alpha value is -1.68. The first-order valence-electron chi connectivity index (χ1n) is 4.27. The van der Waals surface area contributed by atoms with Crippen molar-refractivity contribution in [3.63, 3.8) is 0 Å². The van der Waals surface area contributed by atoms with E-state index >= 15 is 0 Å². The molecule has 1 rings (SSSR count). The van der Waals surface area contributed by atoms with Crippen molar-refractivity contribution in [3.05, 3.63) is 35.9 Å². The van der Waals surface area contributed by atoms with E-state index in [2.05, 4.69) is 5.32 Å². The summed E-state index contributed by atoms with van der Waals surface area (Å²) in [6.45, 7) is -0.114. The molecular formula is C10H12N2O2. The van der Waals surface area contributed by atoms with Gasteiger partial charge >= 0.3 is 0 Å². The summed E-state index contributed by atoms with van der Waals surface area (Å²) in [5, 5.41) is 2.50. The molecule has 1 aromatic carbocycles. The second-order valence-corrected chi connectivity index (χ2v) is 2.80. The van der Waals surface area contributed by atoms with E-state index < -0.39 is 6.04 Å². The zero-order valence-corrected chi connectivity index (χ0v) is 7.64. The summed E-state index contributed by atoms with van der Waals surface area (Å²) in [5.41, 5.74) is 5.88. The Labute approximate surface area is 82.1 Å². The normalized spacial score (nSPS) is 11.8. The Balaban J connectivity index is 2.73. The summed E-state index contributed by atoms with van der Waals surface area (Å²) in [6.07, 6.45) is 0.683. The van der Waals surface area contributed by atoms with Gasteiger partial charge in [-0.3, -0.25) is 4.79 Å². The summed E-state index contributed by atoms with van der Waals surface area (Å²) < 4.78 is 0. The lowest BCUT2D eigenvalue weighted by Crippen LogP contribution is -2.34. The SMILES string of the molecule is NCC(=O)N[C@H](C=O)c1ccccc1. The number of carbonyl (C=O) groups is 2. The third kappa shape index (κ3) is 2.67. The van der Waals surface area contributed by atoms with Gasteiger partial charge in [-0.2, -0.15) is 0 Å². The lowest BCUT2D eigenvalue weighted by atomic mass is 10.1. The molecule has 0 saturated heterocycles. The second kappa shape index (κ2) is 5.14. The van der Waals surface area contributed by atoms with Gasteiger partial charge in [-0.1, -0.05) is 30.3 Å². The van der Waals surface area contributed by atoms with E-state index in [0.29, 0.717) is 6.29 Å². The molecule has 0 radical (unpaired) electrons. The van der Waals surface area contributed by atoms with E-state index in [1.165, 1.54) is 0 Å². The van der Waals surface area contributed by atoms with Crippen molar-refractivity contribution in [2.24, 2.45) is 5.73 Å². The van der Waals surface area contributed by atoms with Crippen molar-refractivity contribution in [3.8, 4) is 0 Å². The highest BCUT2D eigenvalue weighted by Gasteiger charge is 2.11. The number of aldehydes is 1. The Morgan fingerprint density at radius 2 is 2.07 bits per heavy atom. The topological polar surface area (TPSA) is 72.2 Å². The highest BCUT2D eigenvalue weighted by molar-refractivity contribution is 5.81. The van der Waals surface area contributed by atoms with Gasteiger partial charge in [0.25, 0.3) is 0 Å². The number of hydrogen-bond donors (Lipinski definition) is 2. The van der Waals surface area contributed by atoms with Gasteiger partial charge in [0.05, 0.1) is 6.54 Å². The van der Waals surface area contributed by atoms with Crippen LogP contribution in [-0.4, -0.2) is 18.7 Å². The van der Waals surface area contributed by atoms with E-state index in [4.69, 9.17) is 5.73 Å². The zero-order valence-electron chi connectivity index (χ0n) is 7.64. The number of nitrogens with two attached hydrogens (primary N) is 1. The molecule has 14 heavy (non-hydrogen) atoms. The molecule has 74 valence electrons. The first-order valence-corrected chi connectivity index (χ1v) is 4.27. The predicted octanol–water partition coefficient (Wildman–Crippen LogP) is 0.00150. The fourth-order valence-corrected chi connectivity index (χ4v) is 1.09. The van der Waals surface area contributed by atoms with E-state index in [9.17, 15) is 9.59 Å². The smallest absolute Gasteiger partial charge is 0.234 e. The van der Waals surface area contributed by atoms with E-state index in [1.54, 1.807) is 24.3 Å². The van der Waals surface area contributed by atoms with Crippen LogP contribution in [0, 0.1) is 0 Å². The fourth-order valence-electron chi connectivity index (χ4n) is 1.09. The molecule has 0 aromatic heterocycles. The molecule has 0 heterocycles. The number of rotatable bonds is 4. The van der Waals surface area contributed by atoms with Crippen molar-refractivity contribution < 1.29 is 9.59 Å². The Morgan fingerprint density at radius 1 is 1.43 bits per heavy atom. The fraction of sp³-hybridized carbons (Fsp3) is 0.200. The monoisotopic (exact) mass is 192 g/mol. The first kappa shape index (κ1) is 10.4. The van der Waals surface area contributed by atoms with Gasteiger partial charge in [0.15, 0.2) is 0 Å². The van der Waals surface area contributed by atoms with Gasteiger partial charge in [-0.25, -0.2) is 0 Å². The average molecular weight is 192 g/mol. The largest absolute Gasteiger partial charge is 0.341 e. The van der Waals surface area contributed by atoms with E-state index in [0.717, 1.165) is 5.56 Å². The lowest BCUT2D eigenvalue weighted by molar-refractivity contribution is -0.122. The average Bonchev–Trinajstić information content (AvgIpc) is 2.26. The van der Waals surface area contributed by atoms with Crippen LogP contribution in [0.3, 0.4) is 0 Å². The minimum Gasteiger partial charge on any atom is -0.341 e. The summed E-state index contributed by atoms with van der Waals surface area (Å²) in [5.74, 6) is -0.342. The molecule has 3 N–H and O–H groups in total. The number of amides is 1. The summed E-state index contributed by atoms with van der Waals surface area (Å²) in [6, 6.07) is 8.40. The Bertz CT molecular complexity index is 311. The third-order valence-electron chi connectivity index (χ3n) is 1.80. The standard InChI is InChI=1S/C10H12N2O2/c11-6-10(14)12-9(7-13)8-4-2-1-3-5-8/h1-5,7,9H,6,11H2,(H,12,14)/t9-/m1/s1. The number of benzene rings is 1. The van der Waals surface area contributed by atoms with Gasteiger partial charge in [0.1, 0.15) is 12.3 Å². The molecule has 1 amide bonds. The lowest BCUT2D eigenvalue weighted by Gasteiger charge is -2.11. The van der Waals surface area contributed by atoms with Crippen LogP contribution in [0.2, 0.25) is 0 Å². The van der Waals surface area contributed by atoms with Crippen LogP contribution < -0.4 is 11.1 Å². The first-order chi connectivity index (χ1) is 6.77. The number of carbonyl (C=O) groups excluding carboxylic acids is 2. The quantitative estimate of drug-likeness (QED) is 0.659. The Morgan fingerprint density at radius 3 is 2.57 bits per heavy atom. The third-order valence-corrected chi connectivity index (χ3v) is 1.80. The van der Waals surface area contributed by atoms with E-state index in [1.807, 2.05) is 6.07 Å². The van der Waals surface area contributed by atoms with Crippen molar-refractivity contribution in [2.45, 2.75) is 6.04 Å².